The van der Waals surface area contributed by atoms with E-state index in [1.165, 1.54) is 24.1 Å². The van der Waals surface area contributed by atoms with Gasteiger partial charge < -0.3 is 25.4 Å². The van der Waals surface area contributed by atoms with Gasteiger partial charge in [0.2, 0.25) is 0 Å². The summed E-state index contributed by atoms with van der Waals surface area (Å²) in [6.07, 6.45) is 2.55. The Morgan fingerprint density at radius 3 is 2.63 bits per heavy atom. The maximum atomic E-state index is 9.96. The van der Waals surface area contributed by atoms with Gasteiger partial charge in [-0.15, -0.1) is 24.0 Å². The van der Waals surface area contributed by atoms with Crippen LogP contribution >= 0.6 is 24.0 Å². The predicted octanol–water partition coefficient (Wildman–Crippen LogP) is 4.44. The Labute approximate surface area is 196 Å². The maximum Gasteiger partial charge on any atom is 0.192 e. The molecule has 2 aromatic carbocycles. The summed E-state index contributed by atoms with van der Waals surface area (Å²) in [5.41, 5.74) is 3.45. The Kier molecular flexibility index (Phi) is 9.55. The molecule has 1 unspecified atom stereocenters. The summed E-state index contributed by atoms with van der Waals surface area (Å²) >= 11 is 0. The van der Waals surface area contributed by atoms with Gasteiger partial charge in [0.15, 0.2) is 17.5 Å². The van der Waals surface area contributed by atoms with Crippen LogP contribution in [0.4, 0.5) is 5.69 Å². The van der Waals surface area contributed by atoms with Crippen molar-refractivity contribution in [2.24, 2.45) is 4.99 Å². The van der Waals surface area contributed by atoms with Gasteiger partial charge in [-0.3, -0.25) is 0 Å². The molecule has 0 bridgehead atoms. The lowest BCUT2D eigenvalue weighted by Crippen LogP contribution is -2.38. The molecule has 2 aromatic rings. The molecule has 30 heavy (non-hydrogen) atoms. The van der Waals surface area contributed by atoms with Crippen LogP contribution < -0.4 is 20.3 Å². The second kappa shape index (κ2) is 11.9. The van der Waals surface area contributed by atoms with Crippen LogP contribution in [0.1, 0.15) is 43.9 Å². The number of nitrogens with zero attached hydrogens (tertiary/aromatic N) is 2. The van der Waals surface area contributed by atoms with Gasteiger partial charge in [-0.2, -0.15) is 0 Å². The number of rotatable bonds is 7. The summed E-state index contributed by atoms with van der Waals surface area (Å²) in [6, 6.07) is 14.2. The van der Waals surface area contributed by atoms with Crippen molar-refractivity contribution in [3.05, 3.63) is 53.6 Å². The van der Waals surface area contributed by atoms with Gasteiger partial charge in [-0.05, 0) is 62.1 Å². The van der Waals surface area contributed by atoms with Crippen molar-refractivity contribution in [1.82, 2.24) is 10.6 Å². The van der Waals surface area contributed by atoms with Crippen LogP contribution in [0.5, 0.6) is 11.5 Å². The fraction of sp³-hybridized carbons (Fsp3) is 0.435. The number of nitrogens with one attached hydrogen (secondary N) is 2. The van der Waals surface area contributed by atoms with Gasteiger partial charge >= 0.3 is 0 Å². The Morgan fingerprint density at radius 2 is 1.97 bits per heavy atom. The molecule has 1 aliphatic rings. The molecule has 1 atom stereocenters. The molecule has 0 radical (unpaired) electrons. The van der Waals surface area contributed by atoms with Crippen molar-refractivity contribution in [3.63, 3.8) is 0 Å². The van der Waals surface area contributed by atoms with Crippen molar-refractivity contribution in [1.29, 1.82) is 0 Å². The minimum atomic E-state index is 0. The normalized spacial score (nSPS) is 14.8. The molecule has 164 valence electrons. The van der Waals surface area contributed by atoms with Crippen molar-refractivity contribution in [3.8, 4) is 11.5 Å². The van der Waals surface area contributed by atoms with E-state index in [1.807, 2.05) is 6.07 Å². The summed E-state index contributed by atoms with van der Waals surface area (Å²) in [5, 5.41) is 16.8. The summed E-state index contributed by atoms with van der Waals surface area (Å²) in [6.45, 7) is 7.73. The summed E-state index contributed by atoms with van der Waals surface area (Å²) < 4.78 is 5.10. The van der Waals surface area contributed by atoms with Crippen LogP contribution in [-0.2, 0) is 6.54 Å². The summed E-state index contributed by atoms with van der Waals surface area (Å²) in [4.78, 5) is 7.13. The minimum absolute atomic E-state index is 0. The van der Waals surface area contributed by atoms with E-state index in [9.17, 15) is 5.11 Å². The van der Waals surface area contributed by atoms with Crippen LogP contribution in [0.25, 0.3) is 0 Å². The highest BCUT2D eigenvalue weighted by Gasteiger charge is 2.14. The van der Waals surface area contributed by atoms with Gasteiger partial charge in [0, 0.05) is 25.3 Å². The molecule has 0 amide bonds. The summed E-state index contributed by atoms with van der Waals surface area (Å²) in [7, 11) is 1.54. The molecule has 6 nitrogen and oxygen atoms in total. The largest absolute Gasteiger partial charge is 0.504 e. The van der Waals surface area contributed by atoms with Crippen molar-refractivity contribution >= 4 is 35.6 Å². The Balaban J connectivity index is 0.00000320. The molecule has 0 aromatic heterocycles. The molecule has 0 spiro atoms. The van der Waals surface area contributed by atoms with E-state index in [2.05, 4.69) is 58.6 Å². The van der Waals surface area contributed by atoms with Crippen molar-refractivity contribution in [2.45, 2.75) is 39.3 Å². The smallest absolute Gasteiger partial charge is 0.192 e. The van der Waals surface area contributed by atoms with E-state index in [1.54, 1.807) is 19.2 Å². The van der Waals surface area contributed by atoms with Crippen LogP contribution in [0.2, 0.25) is 0 Å². The van der Waals surface area contributed by atoms with Gasteiger partial charge in [0.25, 0.3) is 0 Å². The Bertz CT molecular complexity index is 838. The number of phenols is 1. The van der Waals surface area contributed by atoms with Crippen molar-refractivity contribution < 1.29 is 9.84 Å². The Morgan fingerprint density at radius 1 is 1.20 bits per heavy atom. The quantitative estimate of drug-likeness (QED) is 0.284. The maximum absolute atomic E-state index is 9.96. The number of benzene rings is 2. The molecule has 1 aliphatic heterocycles. The number of guanidine groups is 1. The first-order chi connectivity index (χ1) is 14.1. The van der Waals surface area contributed by atoms with Gasteiger partial charge in [-0.25, -0.2) is 4.99 Å². The number of methoxy groups -OCH3 is 1. The van der Waals surface area contributed by atoms with E-state index >= 15 is 0 Å². The second-order valence-electron chi connectivity index (χ2n) is 7.36. The minimum Gasteiger partial charge on any atom is -0.504 e. The molecule has 0 saturated carbocycles. The fourth-order valence-electron chi connectivity index (χ4n) is 3.58. The lowest BCUT2D eigenvalue weighted by Gasteiger charge is -2.22. The second-order valence-corrected chi connectivity index (χ2v) is 7.36. The van der Waals surface area contributed by atoms with Crippen LogP contribution in [0.3, 0.4) is 0 Å². The van der Waals surface area contributed by atoms with E-state index in [0.29, 0.717) is 12.3 Å². The third-order valence-corrected chi connectivity index (χ3v) is 5.20. The molecule has 1 fully saturated rings. The average molecular weight is 524 g/mol. The number of phenolic OH excluding ortho intramolecular Hbond substituents is 1. The highest BCUT2D eigenvalue weighted by molar-refractivity contribution is 14.0. The third kappa shape index (κ3) is 6.42. The zero-order chi connectivity index (χ0) is 20.6. The van der Waals surface area contributed by atoms with E-state index in [4.69, 9.17) is 4.74 Å². The monoisotopic (exact) mass is 524 g/mol. The zero-order valence-electron chi connectivity index (χ0n) is 18.0. The average Bonchev–Trinajstić information content (AvgIpc) is 3.27. The number of anilines is 1. The zero-order valence-corrected chi connectivity index (χ0v) is 20.3. The fourth-order valence-corrected chi connectivity index (χ4v) is 3.58. The SMILES string of the molecule is CCNC(=NCc1ccc(OC)c(O)c1)NC(C)c1cccc(N2CCCC2)c1.I. The first-order valence-corrected chi connectivity index (χ1v) is 10.4. The number of hydrogen-bond acceptors (Lipinski definition) is 4. The first-order valence-electron chi connectivity index (χ1n) is 10.4. The third-order valence-electron chi connectivity index (χ3n) is 5.20. The van der Waals surface area contributed by atoms with E-state index in [-0.39, 0.29) is 35.8 Å². The highest BCUT2D eigenvalue weighted by Crippen LogP contribution is 2.26. The highest BCUT2D eigenvalue weighted by atomic mass is 127. The lowest BCUT2D eigenvalue weighted by atomic mass is 10.1. The van der Waals surface area contributed by atoms with Gasteiger partial charge in [0.05, 0.1) is 19.7 Å². The topological polar surface area (TPSA) is 69.1 Å². The van der Waals surface area contributed by atoms with E-state index < -0.39 is 0 Å². The molecule has 3 rings (SSSR count). The molecular formula is C23H33IN4O2. The van der Waals surface area contributed by atoms with Crippen LogP contribution in [0.15, 0.2) is 47.5 Å². The molecule has 1 heterocycles. The standard InChI is InChI=1S/C23H32N4O2.HI/c1-4-24-23(25-16-18-10-11-22(29-3)21(28)14-18)26-17(2)19-8-7-9-20(15-19)27-12-5-6-13-27;/h7-11,14-15,17,28H,4-6,12-13,16H2,1-3H3,(H2,24,25,26);1H. The van der Waals surface area contributed by atoms with Gasteiger partial charge in [-0.1, -0.05) is 18.2 Å². The molecule has 3 N–H and O–H groups in total. The van der Waals surface area contributed by atoms with E-state index in [0.717, 1.165) is 31.2 Å². The number of hydrogen-bond donors (Lipinski definition) is 3. The number of aromatic hydroxyl groups is 1. The predicted molar refractivity (Wildman–Crippen MR) is 134 cm³/mol. The van der Waals surface area contributed by atoms with Crippen LogP contribution in [0, 0.1) is 0 Å². The molecule has 1 saturated heterocycles. The van der Waals surface area contributed by atoms with Crippen LogP contribution in [-0.4, -0.2) is 37.8 Å². The summed E-state index contributed by atoms with van der Waals surface area (Å²) in [5.74, 6) is 1.35. The Hall–Kier alpha value is -2.16. The van der Waals surface area contributed by atoms with Gasteiger partial charge in [0.1, 0.15) is 0 Å². The molecular weight excluding hydrogens is 491 g/mol. The number of aliphatic imine (C=N–C) groups is 1. The first kappa shape index (κ1) is 24.1. The van der Waals surface area contributed by atoms with Crippen molar-refractivity contribution in [2.75, 3.05) is 31.6 Å². The number of halogens is 1. The molecule has 0 aliphatic carbocycles. The molecule has 7 heteroatoms. The number of ether oxygens (including phenoxy) is 1. The lowest BCUT2D eigenvalue weighted by molar-refractivity contribution is 0.373.